The Morgan fingerprint density at radius 1 is 1.25 bits per heavy atom. The van der Waals surface area contributed by atoms with Gasteiger partial charge in [-0.1, -0.05) is 6.07 Å². The predicted molar refractivity (Wildman–Crippen MR) is 75.9 cm³/mol. The molecule has 1 N–H and O–H groups in total. The molecule has 0 unspecified atom stereocenters. The number of carbonyl (C=O) groups is 2. The van der Waals surface area contributed by atoms with Crippen LogP contribution in [0, 0.1) is 13.8 Å². The Labute approximate surface area is 119 Å². The number of benzene rings is 1. The fourth-order valence-electron chi connectivity index (χ4n) is 1.70. The van der Waals surface area contributed by atoms with Gasteiger partial charge in [-0.05, 0) is 43.5 Å². The van der Waals surface area contributed by atoms with Crippen molar-refractivity contribution in [1.82, 2.24) is 4.90 Å². The number of aliphatic carboxylic acids is 1. The van der Waals surface area contributed by atoms with Gasteiger partial charge in [-0.2, -0.15) is 0 Å². The number of hydrogen-bond acceptors (Lipinski definition) is 3. The summed E-state index contributed by atoms with van der Waals surface area (Å²) < 4.78 is 5.57. The molecule has 0 aliphatic carbocycles. The summed E-state index contributed by atoms with van der Waals surface area (Å²) >= 11 is 0. The molecule has 0 radical (unpaired) electrons. The number of carboxylic acids is 1. The fourth-order valence-corrected chi connectivity index (χ4v) is 1.70. The van der Waals surface area contributed by atoms with Gasteiger partial charge in [-0.3, -0.25) is 9.59 Å². The molecule has 1 aromatic rings. The molecule has 20 heavy (non-hydrogen) atoms. The van der Waals surface area contributed by atoms with Crippen LogP contribution >= 0.6 is 0 Å². The number of aryl methyl sites for hydroxylation is 2. The van der Waals surface area contributed by atoms with E-state index in [1.165, 1.54) is 23.1 Å². The van der Waals surface area contributed by atoms with E-state index in [1.807, 2.05) is 32.0 Å². The van der Waals surface area contributed by atoms with Crippen molar-refractivity contribution in [1.29, 1.82) is 0 Å². The Hall–Kier alpha value is -2.04. The third kappa shape index (κ3) is 5.30. The molecule has 1 amide bonds. The van der Waals surface area contributed by atoms with Crippen molar-refractivity contribution in [2.45, 2.75) is 26.7 Å². The highest BCUT2D eigenvalue weighted by molar-refractivity contribution is 5.80. The van der Waals surface area contributed by atoms with Gasteiger partial charge in [-0.25, -0.2) is 0 Å². The first-order valence-electron chi connectivity index (χ1n) is 6.56. The average molecular weight is 279 g/mol. The summed E-state index contributed by atoms with van der Waals surface area (Å²) in [7, 11) is 1.49. The second kappa shape index (κ2) is 7.53. The zero-order chi connectivity index (χ0) is 15.1. The smallest absolute Gasteiger partial charge is 0.323 e. The van der Waals surface area contributed by atoms with Crippen LogP contribution in [0.3, 0.4) is 0 Å². The van der Waals surface area contributed by atoms with E-state index in [1.54, 1.807) is 0 Å². The molecule has 5 nitrogen and oxygen atoms in total. The lowest BCUT2D eigenvalue weighted by Crippen LogP contribution is -2.31. The van der Waals surface area contributed by atoms with Gasteiger partial charge in [0.05, 0.1) is 6.61 Å². The van der Waals surface area contributed by atoms with Gasteiger partial charge in [-0.15, -0.1) is 0 Å². The van der Waals surface area contributed by atoms with Gasteiger partial charge < -0.3 is 14.7 Å². The molecular formula is C15H21NO4. The maximum Gasteiger partial charge on any atom is 0.323 e. The number of likely N-dealkylation sites (N-methyl/N-ethyl adjacent to an activating group) is 1. The summed E-state index contributed by atoms with van der Waals surface area (Å²) in [4.78, 5) is 23.3. The van der Waals surface area contributed by atoms with Crippen molar-refractivity contribution in [3.63, 3.8) is 0 Å². The van der Waals surface area contributed by atoms with Crippen LogP contribution in [0.15, 0.2) is 18.2 Å². The highest BCUT2D eigenvalue weighted by atomic mass is 16.5. The lowest BCUT2D eigenvalue weighted by atomic mass is 10.1. The third-order valence-electron chi connectivity index (χ3n) is 3.08. The Balaban J connectivity index is 2.29. The average Bonchev–Trinajstić information content (AvgIpc) is 2.37. The standard InChI is InChI=1S/C15H21NO4/c1-11-6-7-13(9-12(11)2)20-8-4-5-14(17)16(3)10-15(18)19/h6-7,9H,4-5,8,10H2,1-3H3,(H,18,19). The van der Waals surface area contributed by atoms with Crippen LogP contribution < -0.4 is 4.74 Å². The molecule has 110 valence electrons. The van der Waals surface area contributed by atoms with Crippen molar-refractivity contribution >= 4 is 11.9 Å². The molecule has 0 atom stereocenters. The molecule has 1 aromatic carbocycles. The van der Waals surface area contributed by atoms with Crippen LogP contribution in [0.2, 0.25) is 0 Å². The molecule has 5 heteroatoms. The second-order valence-electron chi connectivity index (χ2n) is 4.84. The molecule has 1 rings (SSSR count). The van der Waals surface area contributed by atoms with Crippen molar-refractivity contribution in [3.8, 4) is 5.75 Å². The van der Waals surface area contributed by atoms with Crippen molar-refractivity contribution in [2.75, 3.05) is 20.2 Å². The summed E-state index contributed by atoms with van der Waals surface area (Å²) in [5.74, 6) is -0.400. The Bertz CT molecular complexity index is 485. The zero-order valence-electron chi connectivity index (χ0n) is 12.2. The van der Waals surface area contributed by atoms with E-state index in [-0.39, 0.29) is 18.9 Å². The fraction of sp³-hybridized carbons (Fsp3) is 0.467. The number of carboxylic acid groups (broad SMARTS) is 1. The number of nitrogens with zero attached hydrogens (tertiary/aromatic N) is 1. The highest BCUT2D eigenvalue weighted by Gasteiger charge is 2.11. The predicted octanol–water partition coefficient (Wildman–Crippen LogP) is 2.01. The van der Waals surface area contributed by atoms with E-state index in [9.17, 15) is 9.59 Å². The van der Waals surface area contributed by atoms with Crippen LogP contribution in [0.25, 0.3) is 0 Å². The minimum Gasteiger partial charge on any atom is -0.494 e. The lowest BCUT2D eigenvalue weighted by Gasteiger charge is -2.14. The van der Waals surface area contributed by atoms with Crippen LogP contribution in [-0.2, 0) is 9.59 Å². The molecule has 0 aromatic heterocycles. The number of rotatable bonds is 7. The highest BCUT2D eigenvalue weighted by Crippen LogP contribution is 2.16. The number of amides is 1. The molecule has 0 aliphatic rings. The normalized spacial score (nSPS) is 10.2. The van der Waals surface area contributed by atoms with Gasteiger partial charge in [0.1, 0.15) is 12.3 Å². The van der Waals surface area contributed by atoms with Crippen LogP contribution in [0.4, 0.5) is 0 Å². The third-order valence-corrected chi connectivity index (χ3v) is 3.08. The summed E-state index contributed by atoms with van der Waals surface area (Å²) in [6, 6.07) is 5.87. The first-order valence-corrected chi connectivity index (χ1v) is 6.56. The zero-order valence-corrected chi connectivity index (χ0v) is 12.2. The van der Waals surface area contributed by atoms with Gasteiger partial charge in [0.15, 0.2) is 0 Å². The SMILES string of the molecule is Cc1ccc(OCCCC(=O)N(C)CC(=O)O)cc1C. The number of hydrogen-bond donors (Lipinski definition) is 1. The van der Waals surface area contributed by atoms with E-state index in [4.69, 9.17) is 9.84 Å². The van der Waals surface area contributed by atoms with Crippen molar-refractivity contribution in [2.24, 2.45) is 0 Å². The maximum atomic E-state index is 11.6. The Kier molecular flexibility index (Phi) is 6.03. The van der Waals surface area contributed by atoms with Crippen LogP contribution in [0.1, 0.15) is 24.0 Å². The van der Waals surface area contributed by atoms with Crippen LogP contribution in [-0.4, -0.2) is 42.1 Å². The molecule has 0 fully saturated rings. The van der Waals surface area contributed by atoms with Crippen molar-refractivity contribution in [3.05, 3.63) is 29.3 Å². The summed E-state index contributed by atoms with van der Waals surface area (Å²) in [5, 5.41) is 8.58. The minimum atomic E-state index is -1.01. The number of ether oxygens (including phenoxy) is 1. The van der Waals surface area contributed by atoms with E-state index in [0.717, 1.165) is 5.75 Å². The summed E-state index contributed by atoms with van der Waals surface area (Å²) in [6.07, 6.45) is 0.852. The minimum absolute atomic E-state index is 0.184. The monoisotopic (exact) mass is 279 g/mol. The molecule has 0 spiro atoms. The molecule has 0 heterocycles. The van der Waals surface area contributed by atoms with Gasteiger partial charge >= 0.3 is 5.97 Å². The number of carbonyl (C=O) groups excluding carboxylic acids is 1. The van der Waals surface area contributed by atoms with Gasteiger partial charge in [0.2, 0.25) is 5.91 Å². The Morgan fingerprint density at radius 3 is 2.55 bits per heavy atom. The maximum absolute atomic E-state index is 11.6. The topological polar surface area (TPSA) is 66.8 Å². The molecule has 0 bridgehead atoms. The van der Waals surface area contributed by atoms with Gasteiger partial charge in [0, 0.05) is 13.5 Å². The van der Waals surface area contributed by atoms with E-state index in [0.29, 0.717) is 13.0 Å². The second-order valence-corrected chi connectivity index (χ2v) is 4.84. The molecule has 0 saturated heterocycles. The van der Waals surface area contributed by atoms with E-state index < -0.39 is 5.97 Å². The Morgan fingerprint density at radius 2 is 1.95 bits per heavy atom. The van der Waals surface area contributed by atoms with Crippen molar-refractivity contribution < 1.29 is 19.4 Å². The lowest BCUT2D eigenvalue weighted by molar-refractivity contribution is -0.143. The largest absolute Gasteiger partial charge is 0.494 e. The first kappa shape index (κ1) is 16.0. The molecular weight excluding hydrogens is 258 g/mol. The van der Waals surface area contributed by atoms with Gasteiger partial charge in [0.25, 0.3) is 0 Å². The summed E-state index contributed by atoms with van der Waals surface area (Å²) in [6.45, 7) is 4.23. The van der Waals surface area contributed by atoms with E-state index >= 15 is 0 Å². The summed E-state index contributed by atoms with van der Waals surface area (Å²) in [5.41, 5.74) is 2.38. The first-order chi connectivity index (χ1) is 9.40. The quantitative estimate of drug-likeness (QED) is 0.775. The van der Waals surface area contributed by atoms with Crippen LogP contribution in [0.5, 0.6) is 5.75 Å². The van der Waals surface area contributed by atoms with E-state index in [2.05, 4.69) is 0 Å². The molecule has 0 aliphatic heterocycles. The molecule has 0 saturated carbocycles.